The van der Waals surface area contributed by atoms with Crippen LogP contribution in [0.25, 0.3) is 0 Å². The molecule has 1 nitrogen and oxygen atoms in total. The predicted octanol–water partition coefficient (Wildman–Crippen LogP) is 4.99. The Balaban J connectivity index is 4.66. The molecule has 0 aliphatic rings. The van der Waals surface area contributed by atoms with E-state index in [1.165, 1.54) is 11.1 Å². The van der Waals surface area contributed by atoms with Gasteiger partial charge in [-0.3, -0.25) is 0 Å². The van der Waals surface area contributed by atoms with E-state index in [4.69, 9.17) is 4.74 Å². The van der Waals surface area contributed by atoms with Crippen molar-refractivity contribution >= 4 is 0 Å². The van der Waals surface area contributed by atoms with E-state index in [-0.39, 0.29) is 10.8 Å². The van der Waals surface area contributed by atoms with E-state index >= 15 is 0 Å². The average Bonchev–Trinajstić information content (AvgIpc) is 2.20. The molecule has 0 spiro atoms. The molecule has 0 saturated heterocycles. The van der Waals surface area contributed by atoms with Gasteiger partial charge in [-0.2, -0.15) is 0 Å². The Morgan fingerprint density at radius 3 is 1.88 bits per heavy atom. The average molecular weight is 238 g/mol. The second-order valence-corrected chi connectivity index (χ2v) is 6.57. The van der Waals surface area contributed by atoms with Gasteiger partial charge in [-0.05, 0) is 31.1 Å². The van der Waals surface area contributed by atoms with Gasteiger partial charge < -0.3 is 4.74 Å². The molecular weight excluding hydrogens is 208 g/mol. The smallest absolute Gasteiger partial charge is 0.0646 e. The van der Waals surface area contributed by atoms with Crippen LogP contribution in [0.5, 0.6) is 0 Å². The molecule has 0 rings (SSSR count). The van der Waals surface area contributed by atoms with E-state index in [0.717, 1.165) is 6.42 Å². The second-order valence-electron chi connectivity index (χ2n) is 6.57. The van der Waals surface area contributed by atoms with Gasteiger partial charge in [0.05, 0.1) is 6.61 Å². The minimum atomic E-state index is 0.213. The predicted molar refractivity (Wildman–Crippen MR) is 77.2 cm³/mol. The van der Waals surface area contributed by atoms with Gasteiger partial charge in [0.25, 0.3) is 0 Å². The molecule has 0 aromatic rings. The highest BCUT2D eigenvalue weighted by Gasteiger charge is 2.20. The molecule has 0 amide bonds. The Bertz CT molecular complexity index is 287. The van der Waals surface area contributed by atoms with Crippen LogP contribution in [0.4, 0.5) is 0 Å². The Morgan fingerprint density at radius 1 is 0.941 bits per heavy atom. The molecule has 1 heteroatoms. The maximum Gasteiger partial charge on any atom is 0.0646 e. The molecule has 0 unspecified atom stereocenters. The van der Waals surface area contributed by atoms with Crippen LogP contribution < -0.4 is 0 Å². The van der Waals surface area contributed by atoms with Crippen LogP contribution in [0.3, 0.4) is 0 Å². The molecule has 0 aromatic heterocycles. The first-order chi connectivity index (χ1) is 7.61. The monoisotopic (exact) mass is 238 g/mol. The van der Waals surface area contributed by atoms with E-state index < -0.39 is 0 Å². The van der Waals surface area contributed by atoms with Crippen LogP contribution in [-0.2, 0) is 4.74 Å². The fourth-order valence-electron chi connectivity index (χ4n) is 1.36. The third kappa shape index (κ3) is 6.07. The molecule has 0 N–H and O–H groups in total. The number of allylic oxidation sites excluding steroid dienone is 3. The van der Waals surface area contributed by atoms with Gasteiger partial charge in [-0.15, -0.1) is 0 Å². The zero-order chi connectivity index (χ0) is 13.7. The van der Waals surface area contributed by atoms with Crippen LogP contribution in [0.2, 0.25) is 0 Å². The van der Waals surface area contributed by atoms with Gasteiger partial charge in [0.2, 0.25) is 0 Å². The molecule has 0 atom stereocenters. The van der Waals surface area contributed by atoms with E-state index in [1.807, 2.05) is 0 Å². The molecular formula is C16H30O. The molecule has 0 aromatic carbocycles. The molecule has 0 radical (unpaired) electrons. The maximum absolute atomic E-state index is 5.10. The van der Waals surface area contributed by atoms with Crippen molar-refractivity contribution in [2.75, 3.05) is 13.7 Å². The summed E-state index contributed by atoms with van der Waals surface area (Å²) in [5.74, 6) is 0. The summed E-state index contributed by atoms with van der Waals surface area (Å²) in [6, 6.07) is 0. The second kappa shape index (κ2) is 6.39. The van der Waals surface area contributed by atoms with E-state index in [9.17, 15) is 0 Å². The Morgan fingerprint density at radius 2 is 1.47 bits per heavy atom. The van der Waals surface area contributed by atoms with Crippen molar-refractivity contribution in [1.29, 1.82) is 0 Å². The number of methoxy groups -OCH3 is 1. The van der Waals surface area contributed by atoms with Crippen molar-refractivity contribution in [3.8, 4) is 0 Å². The third-order valence-corrected chi connectivity index (χ3v) is 3.73. The van der Waals surface area contributed by atoms with E-state index in [1.54, 1.807) is 7.11 Å². The summed E-state index contributed by atoms with van der Waals surface area (Å²) >= 11 is 0. The van der Waals surface area contributed by atoms with Crippen molar-refractivity contribution in [2.45, 2.75) is 54.9 Å². The molecule has 0 heterocycles. The summed E-state index contributed by atoms with van der Waals surface area (Å²) < 4.78 is 5.10. The van der Waals surface area contributed by atoms with Gasteiger partial charge in [0, 0.05) is 7.11 Å². The first-order valence-electron chi connectivity index (χ1n) is 6.44. The summed E-state index contributed by atoms with van der Waals surface area (Å²) in [6.45, 7) is 16.5. The van der Waals surface area contributed by atoms with Gasteiger partial charge in [-0.1, -0.05) is 57.9 Å². The first kappa shape index (κ1) is 16.4. The minimum absolute atomic E-state index is 0.213. The minimum Gasteiger partial charge on any atom is -0.381 e. The zero-order valence-electron chi connectivity index (χ0n) is 13.0. The highest BCUT2D eigenvalue weighted by molar-refractivity contribution is 5.15. The normalized spacial score (nSPS) is 15.3. The van der Waals surface area contributed by atoms with Gasteiger partial charge >= 0.3 is 0 Å². The van der Waals surface area contributed by atoms with Crippen LogP contribution in [0.1, 0.15) is 54.9 Å². The van der Waals surface area contributed by atoms with Crippen molar-refractivity contribution in [2.24, 2.45) is 10.8 Å². The SMILES string of the molecule is COC/C=C(\C)C(C)(C)C/C=C(\C)C(C)(C)C. The quantitative estimate of drug-likeness (QED) is 0.613. The van der Waals surface area contributed by atoms with Gasteiger partial charge in [0.15, 0.2) is 0 Å². The fourth-order valence-corrected chi connectivity index (χ4v) is 1.36. The van der Waals surface area contributed by atoms with Crippen LogP contribution in [-0.4, -0.2) is 13.7 Å². The standard InChI is InChI=1S/C16H30O/c1-13(15(3,4)5)9-11-16(6,7)14(2)10-12-17-8/h9-10H,11-12H2,1-8H3/b13-9+,14-10+. The summed E-state index contributed by atoms with van der Waals surface area (Å²) in [7, 11) is 1.74. The lowest BCUT2D eigenvalue weighted by Crippen LogP contribution is -2.14. The Hall–Kier alpha value is -0.560. The van der Waals surface area contributed by atoms with E-state index in [2.05, 4.69) is 60.6 Å². The lowest BCUT2D eigenvalue weighted by atomic mass is 9.79. The first-order valence-corrected chi connectivity index (χ1v) is 6.44. The molecule has 17 heavy (non-hydrogen) atoms. The number of hydrogen-bond donors (Lipinski definition) is 0. The summed E-state index contributed by atoms with van der Waals surface area (Å²) in [5, 5.41) is 0. The zero-order valence-corrected chi connectivity index (χ0v) is 13.0. The van der Waals surface area contributed by atoms with E-state index in [0.29, 0.717) is 6.61 Å². The molecule has 0 fully saturated rings. The van der Waals surface area contributed by atoms with Gasteiger partial charge in [-0.25, -0.2) is 0 Å². The number of ether oxygens (including phenoxy) is 1. The largest absolute Gasteiger partial charge is 0.381 e. The molecule has 0 aliphatic carbocycles. The molecule has 0 bridgehead atoms. The topological polar surface area (TPSA) is 9.23 Å². The van der Waals surface area contributed by atoms with Crippen molar-refractivity contribution in [3.63, 3.8) is 0 Å². The highest BCUT2D eigenvalue weighted by atomic mass is 16.5. The van der Waals surface area contributed by atoms with Crippen molar-refractivity contribution in [1.82, 2.24) is 0 Å². The van der Waals surface area contributed by atoms with Crippen LogP contribution >= 0.6 is 0 Å². The molecule has 100 valence electrons. The Kier molecular flexibility index (Phi) is 6.18. The van der Waals surface area contributed by atoms with Crippen LogP contribution in [0, 0.1) is 10.8 Å². The third-order valence-electron chi connectivity index (χ3n) is 3.73. The molecule has 0 aliphatic heterocycles. The lowest BCUT2D eigenvalue weighted by Gasteiger charge is -2.27. The van der Waals surface area contributed by atoms with Crippen molar-refractivity contribution in [3.05, 3.63) is 23.3 Å². The van der Waals surface area contributed by atoms with Gasteiger partial charge in [0.1, 0.15) is 0 Å². The number of rotatable bonds is 5. The fraction of sp³-hybridized carbons (Fsp3) is 0.750. The number of hydrogen-bond acceptors (Lipinski definition) is 1. The molecule has 0 saturated carbocycles. The lowest BCUT2D eigenvalue weighted by molar-refractivity contribution is 0.231. The summed E-state index contributed by atoms with van der Waals surface area (Å²) in [5.41, 5.74) is 3.35. The summed E-state index contributed by atoms with van der Waals surface area (Å²) in [6.07, 6.45) is 5.65. The van der Waals surface area contributed by atoms with Crippen LogP contribution in [0.15, 0.2) is 23.3 Å². The Labute approximate surface area is 108 Å². The maximum atomic E-state index is 5.10. The highest BCUT2D eigenvalue weighted by Crippen LogP contribution is 2.33. The summed E-state index contributed by atoms with van der Waals surface area (Å²) in [4.78, 5) is 0. The van der Waals surface area contributed by atoms with Crippen molar-refractivity contribution < 1.29 is 4.74 Å².